The number of fused-ring (bicyclic) bond motifs is 4. The Labute approximate surface area is 173 Å². The number of benzene rings is 1. The van der Waals surface area contributed by atoms with Crippen molar-refractivity contribution in [2.45, 2.75) is 55.6 Å². The summed E-state index contributed by atoms with van der Waals surface area (Å²) in [5.41, 5.74) is -1.91. The first kappa shape index (κ1) is 20.3. The number of rotatable bonds is 3. The van der Waals surface area contributed by atoms with Crippen molar-refractivity contribution >= 4 is 23.9 Å². The fraction of sp³-hybridized carbons (Fsp3) is 0.524. The van der Waals surface area contributed by atoms with Crippen molar-refractivity contribution in [2.24, 2.45) is 0 Å². The van der Waals surface area contributed by atoms with E-state index in [0.717, 1.165) is 7.11 Å². The lowest BCUT2D eigenvalue weighted by atomic mass is 9.78. The molecule has 3 aliphatic rings. The number of hydrogen-bond acceptors (Lipinski definition) is 9. The van der Waals surface area contributed by atoms with Gasteiger partial charge in [0.25, 0.3) is 5.60 Å². The Balaban J connectivity index is 1.88. The molecule has 0 spiro atoms. The molecule has 3 aliphatic heterocycles. The maximum Gasteiger partial charge on any atom is 0.360 e. The zero-order chi connectivity index (χ0) is 21.5. The number of hydrogen-bond donors (Lipinski definition) is 0. The molecular formula is C21H23NO8. The zero-order valence-electron chi connectivity index (χ0n) is 16.8. The van der Waals surface area contributed by atoms with Crippen LogP contribution in [0.5, 0.6) is 0 Å². The second kappa shape index (κ2) is 7.39. The first-order chi connectivity index (χ1) is 14.3. The van der Waals surface area contributed by atoms with E-state index >= 15 is 0 Å². The normalized spacial score (nSPS) is 33.4. The van der Waals surface area contributed by atoms with E-state index in [1.54, 1.807) is 37.4 Å². The van der Waals surface area contributed by atoms with E-state index in [9.17, 15) is 19.2 Å². The van der Waals surface area contributed by atoms with Gasteiger partial charge in [-0.05, 0) is 32.0 Å². The summed E-state index contributed by atoms with van der Waals surface area (Å²) in [7, 11) is 2.95. The quantitative estimate of drug-likeness (QED) is 0.529. The maximum atomic E-state index is 13.2. The summed E-state index contributed by atoms with van der Waals surface area (Å²) in [4.78, 5) is 53.2. The second-order valence-corrected chi connectivity index (χ2v) is 7.80. The first-order valence-corrected chi connectivity index (χ1v) is 9.85. The molecule has 0 saturated carbocycles. The van der Waals surface area contributed by atoms with E-state index in [1.165, 1.54) is 0 Å². The molecule has 0 aliphatic carbocycles. The lowest BCUT2D eigenvalue weighted by Crippen LogP contribution is -2.77. The molecule has 0 amide bonds. The van der Waals surface area contributed by atoms with Crippen molar-refractivity contribution in [3.05, 3.63) is 35.9 Å². The highest BCUT2D eigenvalue weighted by molar-refractivity contribution is 5.92. The van der Waals surface area contributed by atoms with Crippen molar-refractivity contribution in [2.75, 3.05) is 14.2 Å². The molecule has 30 heavy (non-hydrogen) atoms. The summed E-state index contributed by atoms with van der Waals surface area (Å²) in [5, 5.41) is 0. The van der Waals surface area contributed by atoms with Crippen LogP contribution in [-0.4, -0.2) is 66.4 Å². The molecule has 0 N–H and O–H groups in total. The third kappa shape index (κ3) is 2.96. The van der Waals surface area contributed by atoms with Crippen molar-refractivity contribution < 1.29 is 38.1 Å². The average molecular weight is 417 g/mol. The maximum absolute atomic E-state index is 13.2. The Morgan fingerprint density at radius 3 is 2.40 bits per heavy atom. The number of nitrogens with zero attached hydrogens (tertiary/aromatic N) is 1. The Morgan fingerprint density at radius 2 is 1.73 bits per heavy atom. The van der Waals surface area contributed by atoms with Crippen LogP contribution in [0.4, 0.5) is 0 Å². The molecule has 9 nitrogen and oxygen atoms in total. The van der Waals surface area contributed by atoms with Crippen LogP contribution in [0.1, 0.15) is 42.5 Å². The van der Waals surface area contributed by atoms with Crippen molar-refractivity contribution in [3.63, 3.8) is 0 Å². The smallest absolute Gasteiger partial charge is 0.360 e. The first-order valence-electron chi connectivity index (χ1n) is 9.85. The Morgan fingerprint density at radius 1 is 1.07 bits per heavy atom. The molecule has 2 bridgehead atoms. The third-order valence-corrected chi connectivity index (χ3v) is 6.22. The van der Waals surface area contributed by atoms with Crippen molar-refractivity contribution in [1.82, 2.24) is 4.90 Å². The Hall–Kier alpha value is -2.94. The molecule has 0 unspecified atom stereocenters. The largest absolute Gasteiger partial charge is 0.466 e. The summed E-state index contributed by atoms with van der Waals surface area (Å²) < 4.78 is 22.2. The third-order valence-electron chi connectivity index (χ3n) is 6.22. The van der Waals surface area contributed by atoms with Gasteiger partial charge < -0.3 is 18.9 Å². The van der Waals surface area contributed by atoms with Gasteiger partial charge >= 0.3 is 29.7 Å². The van der Waals surface area contributed by atoms with Crippen LogP contribution in [0.25, 0.3) is 0 Å². The molecule has 0 aromatic heterocycles. The molecule has 9 heteroatoms. The molecule has 1 aromatic rings. The molecule has 160 valence electrons. The number of likely N-dealkylation sites (N-methyl/N-ethyl adjacent to an activating group) is 1. The minimum Gasteiger partial charge on any atom is -0.466 e. The van der Waals surface area contributed by atoms with Gasteiger partial charge in [0.2, 0.25) is 0 Å². The Kier molecular flexibility index (Phi) is 5.01. The highest BCUT2D eigenvalue weighted by Crippen LogP contribution is 2.52. The number of piperidine rings is 1. The highest BCUT2D eigenvalue weighted by atomic mass is 16.8. The lowest BCUT2D eigenvalue weighted by molar-refractivity contribution is -0.318. The van der Waals surface area contributed by atoms with E-state index in [4.69, 9.17) is 18.9 Å². The summed E-state index contributed by atoms with van der Waals surface area (Å²) in [6, 6.07) is 7.32. The topological polar surface area (TPSA) is 108 Å². The Bertz CT molecular complexity index is 886. The van der Waals surface area contributed by atoms with Crippen LogP contribution >= 0.6 is 0 Å². The van der Waals surface area contributed by atoms with Crippen LogP contribution in [-0.2, 0) is 33.3 Å². The summed E-state index contributed by atoms with van der Waals surface area (Å²) in [6.45, 7) is 0. The number of ether oxygens (including phenoxy) is 4. The van der Waals surface area contributed by atoms with Crippen LogP contribution in [0.3, 0.4) is 0 Å². The van der Waals surface area contributed by atoms with Gasteiger partial charge in [-0.25, -0.2) is 9.59 Å². The van der Waals surface area contributed by atoms with Crippen molar-refractivity contribution in [1.29, 1.82) is 0 Å². The summed E-state index contributed by atoms with van der Waals surface area (Å²) >= 11 is 0. The molecule has 0 radical (unpaired) electrons. The molecule has 4 rings (SSSR count). The fourth-order valence-electron chi connectivity index (χ4n) is 4.80. The number of carbonyl (C=O) groups is 4. The van der Waals surface area contributed by atoms with Gasteiger partial charge in [0, 0.05) is 12.5 Å². The van der Waals surface area contributed by atoms with E-state index in [2.05, 4.69) is 0 Å². The minimum absolute atomic E-state index is 0.0211. The van der Waals surface area contributed by atoms with E-state index in [0.29, 0.717) is 12.8 Å². The van der Waals surface area contributed by atoms with Gasteiger partial charge in [-0.3, -0.25) is 14.5 Å². The zero-order valence-corrected chi connectivity index (χ0v) is 16.8. The van der Waals surface area contributed by atoms with Gasteiger partial charge in [0.05, 0.1) is 31.6 Å². The molecule has 1 aromatic carbocycles. The fourth-order valence-corrected chi connectivity index (χ4v) is 4.80. The average Bonchev–Trinajstić information content (AvgIpc) is 3.02. The van der Waals surface area contributed by atoms with Crippen LogP contribution in [0.2, 0.25) is 0 Å². The monoisotopic (exact) mass is 417 g/mol. The summed E-state index contributed by atoms with van der Waals surface area (Å²) in [5.74, 6) is -5.35. The van der Waals surface area contributed by atoms with E-state index in [1.807, 2.05) is 4.90 Å². The summed E-state index contributed by atoms with van der Waals surface area (Å²) in [6.07, 6.45) is 0.615. The standard InChI is InChI=1S/C21H23NO8/c1-22-14-8-9-15(22)21(19(26)27-2)20(12-14,28-16(23)10-11-17(24)29-21)30-18(25)13-6-4-3-5-7-13/h3-7,14-15H,8-12H2,1-2H3/t14-,15+,20+,21+/m1/s1. The van der Waals surface area contributed by atoms with Gasteiger partial charge in [0.15, 0.2) is 0 Å². The number of carbonyl (C=O) groups excluding carboxylic acids is 4. The minimum atomic E-state index is -2.13. The predicted octanol–water partition coefficient (Wildman–Crippen LogP) is 1.20. The molecule has 3 fully saturated rings. The molecular weight excluding hydrogens is 394 g/mol. The van der Waals surface area contributed by atoms with Gasteiger partial charge in [-0.2, -0.15) is 0 Å². The van der Waals surface area contributed by atoms with E-state index in [-0.39, 0.29) is 30.9 Å². The van der Waals surface area contributed by atoms with Crippen LogP contribution in [0, 0.1) is 0 Å². The van der Waals surface area contributed by atoms with Gasteiger partial charge in [-0.1, -0.05) is 18.2 Å². The van der Waals surface area contributed by atoms with Gasteiger partial charge in [0.1, 0.15) is 0 Å². The number of esters is 4. The van der Waals surface area contributed by atoms with E-state index < -0.39 is 41.3 Å². The van der Waals surface area contributed by atoms with Crippen molar-refractivity contribution in [3.8, 4) is 0 Å². The SMILES string of the molecule is COC(=O)[C@]12OC(=O)CCC(=O)O[C@]1(OC(=O)c1ccccc1)C[C@H]1CC[C@@H]2N1C. The lowest BCUT2D eigenvalue weighted by Gasteiger charge is -2.54. The van der Waals surface area contributed by atoms with Gasteiger partial charge in [-0.15, -0.1) is 0 Å². The molecule has 3 saturated heterocycles. The molecule has 4 atom stereocenters. The predicted molar refractivity (Wildman–Crippen MR) is 99.9 cm³/mol. The second-order valence-electron chi connectivity index (χ2n) is 7.80. The highest BCUT2D eigenvalue weighted by Gasteiger charge is 2.76. The van der Waals surface area contributed by atoms with Crippen LogP contribution < -0.4 is 0 Å². The number of methoxy groups -OCH3 is 1. The van der Waals surface area contributed by atoms with Crippen LogP contribution in [0.15, 0.2) is 30.3 Å². The molecule has 3 heterocycles.